The lowest BCUT2D eigenvalue weighted by Gasteiger charge is -2.24. The van der Waals surface area contributed by atoms with Gasteiger partial charge in [-0.3, -0.25) is 19.3 Å². The van der Waals surface area contributed by atoms with Crippen molar-refractivity contribution in [2.24, 2.45) is 0 Å². The van der Waals surface area contributed by atoms with Gasteiger partial charge in [0.25, 0.3) is 0 Å². The second kappa shape index (κ2) is 7.05. The SMILES string of the molecule is CC.CC(=O)N(C=O)C1(C(=O)c2ccc(Cl)cc2Cl)CC1. The minimum atomic E-state index is -1.06. The van der Waals surface area contributed by atoms with Gasteiger partial charge in [-0.05, 0) is 31.0 Å². The predicted molar refractivity (Wildman–Crippen MR) is 82.7 cm³/mol. The molecule has 0 bridgehead atoms. The first-order valence-electron chi connectivity index (χ1n) is 6.67. The van der Waals surface area contributed by atoms with Crippen LogP contribution in [0, 0.1) is 0 Å². The highest BCUT2D eigenvalue weighted by Crippen LogP contribution is 2.45. The van der Waals surface area contributed by atoms with Gasteiger partial charge in [-0.15, -0.1) is 0 Å². The maximum atomic E-state index is 12.5. The van der Waals surface area contributed by atoms with Crippen LogP contribution in [-0.2, 0) is 9.59 Å². The highest BCUT2D eigenvalue weighted by Gasteiger charge is 2.56. The molecule has 1 aromatic rings. The second-order valence-corrected chi connectivity index (χ2v) is 5.32. The van der Waals surface area contributed by atoms with E-state index in [1.165, 1.54) is 19.1 Å². The molecule has 1 fully saturated rings. The fourth-order valence-corrected chi connectivity index (χ4v) is 2.59. The first-order chi connectivity index (χ1) is 9.92. The Bertz CT molecular complexity index is 568. The van der Waals surface area contributed by atoms with Gasteiger partial charge in [-0.25, -0.2) is 0 Å². The van der Waals surface area contributed by atoms with E-state index in [2.05, 4.69) is 0 Å². The Balaban J connectivity index is 0.00000106. The van der Waals surface area contributed by atoms with E-state index in [0.717, 1.165) is 4.90 Å². The van der Waals surface area contributed by atoms with E-state index in [9.17, 15) is 14.4 Å². The Morgan fingerprint density at radius 2 is 1.81 bits per heavy atom. The molecule has 0 radical (unpaired) electrons. The van der Waals surface area contributed by atoms with E-state index in [1.54, 1.807) is 6.07 Å². The van der Waals surface area contributed by atoms with Crippen molar-refractivity contribution in [3.63, 3.8) is 0 Å². The lowest BCUT2D eigenvalue weighted by Crippen LogP contribution is -2.45. The molecule has 0 unspecified atom stereocenters. The van der Waals surface area contributed by atoms with Crippen molar-refractivity contribution in [1.29, 1.82) is 0 Å². The number of hydrogen-bond acceptors (Lipinski definition) is 3. The van der Waals surface area contributed by atoms with Crippen LogP contribution in [0.15, 0.2) is 18.2 Å². The molecule has 1 aliphatic rings. The van der Waals surface area contributed by atoms with Gasteiger partial charge in [0.1, 0.15) is 5.54 Å². The molecule has 1 aliphatic carbocycles. The Morgan fingerprint density at radius 3 is 2.19 bits per heavy atom. The number of amides is 2. The monoisotopic (exact) mass is 329 g/mol. The summed E-state index contributed by atoms with van der Waals surface area (Å²) in [6.45, 7) is 5.26. The first kappa shape index (κ1) is 17.7. The highest BCUT2D eigenvalue weighted by atomic mass is 35.5. The van der Waals surface area contributed by atoms with E-state index < -0.39 is 11.4 Å². The van der Waals surface area contributed by atoms with Crippen LogP contribution in [0.3, 0.4) is 0 Å². The summed E-state index contributed by atoms with van der Waals surface area (Å²) in [7, 11) is 0. The van der Waals surface area contributed by atoms with Crippen LogP contribution in [0.4, 0.5) is 0 Å². The zero-order valence-corrected chi connectivity index (χ0v) is 13.7. The van der Waals surface area contributed by atoms with Crippen LogP contribution >= 0.6 is 23.2 Å². The molecule has 0 aromatic heterocycles. The van der Waals surface area contributed by atoms with Crippen molar-refractivity contribution in [3.05, 3.63) is 33.8 Å². The molecule has 0 heterocycles. The average Bonchev–Trinajstić information content (AvgIpc) is 3.22. The first-order valence-corrected chi connectivity index (χ1v) is 7.43. The quantitative estimate of drug-likeness (QED) is 0.624. The van der Waals surface area contributed by atoms with Gasteiger partial charge in [-0.1, -0.05) is 37.0 Å². The Kier molecular flexibility index (Phi) is 5.93. The largest absolute Gasteiger partial charge is 0.291 e. The van der Waals surface area contributed by atoms with Crippen molar-refractivity contribution in [2.75, 3.05) is 0 Å². The van der Waals surface area contributed by atoms with Gasteiger partial charge in [-0.2, -0.15) is 0 Å². The summed E-state index contributed by atoms with van der Waals surface area (Å²) in [5, 5.41) is 0.642. The number of nitrogens with zero attached hydrogens (tertiary/aromatic N) is 1. The molecule has 4 nitrogen and oxygen atoms in total. The zero-order chi connectivity index (χ0) is 16.2. The number of carbonyl (C=O) groups excluding carboxylic acids is 3. The number of ketones is 1. The minimum Gasteiger partial charge on any atom is -0.291 e. The maximum absolute atomic E-state index is 12.5. The second-order valence-electron chi connectivity index (χ2n) is 4.48. The number of benzene rings is 1. The number of imide groups is 1. The van der Waals surface area contributed by atoms with Crippen molar-refractivity contribution in [3.8, 4) is 0 Å². The van der Waals surface area contributed by atoms with Gasteiger partial charge in [0.2, 0.25) is 12.3 Å². The number of hydrogen-bond donors (Lipinski definition) is 0. The summed E-state index contributed by atoms with van der Waals surface area (Å²) in [5.41, 5.74) is -0.790. The van der Waals surface area contributed by atoms with E-state index in [0.29, 0.717) is 24.3 Å². The topological polar surface area (TPSA) is 54.5 Å². The number of rotatable bonds is 4. The van der Waals surface area contributed by atoms with Crippen LogP contribution in [0.25, 0.3) is 0 Å². The summed E-state index contributed by atoms with van der Waals surface area (Å²) >= 11 is 11.8. The summed E-state index contributed by atoms with van der Waals surface area (Å²) in [6, 6.07) is 4.53. The number of Topliss-reactive ketones (excluding diaryl/α,β-unsaturated/α-hetero) is 1. The van der Waals surface area contributed by atoms with Crippen LogP contribution in [0.5, 0.6) is 0 Å². The fourth-order valence-electron chi connectivity index (χ4n) is 2.10. The Morgan fingerprint density at radius 1 is 1.24 bits per heavy atom. The summed E-state index contributed by atoms with van der Waals surface area (Å²) in [5.74, 6) is -0.776. The Labute approximate surface area is 134 Å². The smallest absolute Gasteiger partial charge is 0.226 e. The van der Waals surface area contributed by atoms with E-state index >= 15 is 0 Å². The highest BCUT2D eigenvalue weighted by molar-refractivity contribution is 6.37. The van der Waals surface area contributed by atoms with Crippen molar-refractivity contribution in [1.82, 2.24) is 4.90 Å². The molecule has 21 heavy (non-hydrogen) atoms. The average molecular weight is 330 g/mol. The molecule has 0 aliphatic heterocycles. The molecule has 0 atom stereocenters. The standard InChI is InChI=1S/C13H11Cl2NO3.C2H6/c1-8(18)16(7-17)13(4-5-13)12(19)10-3-2-9(14)6-11(10)15;1-2/h2-3,6-7H,4-5H2,1H3;1-2H3. The van der Waals surface area contributed by atoms with E-state index in [1.807, 2.05) is 13.8 Å². The van der Waals surface area contributed by atoms with Crippen LogP contribution < -0.4 is 0 Å². The molecule has 1 saturated carbocycles. The van der Waals surface area contributed by atoms with Crippen LogP contribution in [-0.4, -0.2) is 28.5 Å². The lowest BCUT2D eigenvalue weighted by atomic mass is 10.0. The van der Waals surface area contributed by atoms with Crippen molar-refractivity contribution < 1.29 is 14.4 Å². The minimum absolute atomic E-state index is 0.221. The summed E-state index contributed by atoms with van der Waals surface area (Å²) < 4.78 is 0. The number of carbonyl (C=O) groups is 3. The van der Waals surface area contributed by atoms with Gasteiger partial charge in [0, 0.05) is 17.5 Å². The van der Waals surface area contributed by atoms with Crippen molar-refractivity contribution >= 4 is 41.3 Å². The van der Waals surface area contributed by atoms with Gasteiger partial charge >= 0.3 is 0 Å². The molecule has 6 heteroatoms. The normalized spacial score (nSPS) is 14.5. The van der Waals surface area contributed by atoms with Crippen molar-refractivity contribution in [2.45, 2.75) is 39.2 Å². The maximum Gasteiger partial charge on any atom is 0.226 e. The Hall–Kier alpha value is -1.39. The molecule has 0 spiro atoms. The molecular formula is C15H17Cl2NO3. The molecule has 1 aromatic carbocycles. The van der Waals surface area contributed by atoms with Crippen LogP contribution in [0.2, 0.25) is 10.0 Å². The summed E-state index contributed by atoms with van der Waals surface area (Å²) in [4.78, 5) is 35.9. The fraction of sp³-hybridized carbons (Fsp3) is 0.400. The molecule has 2 rings (SSSR count). The number of halogens is 2. The third-order valence-electron chi connectivity index (χ3n) is 3.23. The predicted octanol–water partition coefficient (Wildman–Crippen LogP) is 3.74. The van der Waals surface area contributed by atoms with E-state index in [4.69, 9.17) is 23.2 Å². The molecule has 2 amide bonds. The van der Waals surface area contributed by atoms with Gasteiger partial charge in [0.15, 0.2) is 5.78 Å². The molecule has 114 valence electrons. The third kappa shape index (κ3) is 3.44. The van der Waals surface area contributed by atoms with Crippen LogP contribution in [0.1, 0.15) is 44.0 Å². The molecular weight excluding hydrogens is 313 g/mol. The van der Waals surface area contributed by atoms with E-state index in [-0.39, 0.29) is 16.4 Å². The van der Waals surface area contributed by atoms with Gasteiger partial charge < -0.3 is 0 Å². The van der Waals surface area contributed by atoms with Gasteiger partial charge in [0.05, 0.1) is 5.02 Å². The molecule has 0 saturated heterocycles. The third-order valence-corrected chi connectivity index (χ3v) is 3.78. The zero-order valence-electron chi connectivity index (χ0n) is 12.2. The lowest BCUT2D eigenvalue weighted by molar-refractivity contribution is -0.138. The molecule has 0 N–H and O–H groups in total. The summed E-state index contributed by atoms with van der Waals surface area (Å²) in [6.07, 6.45) is 1.32.